The Morgan fingerprint density at radius 3 is 2.79 bits per heavy atom. The van der Waals surface area contributed by atoms with Crippen molar-refractivity contribution in [2.45, 2.75) is 19.4 Å². The molecule has 4 heterocycles. The van der Waals surface area contributed by atoms with Gasteiger partial charge in [-0.15, -0.1) is 10.2 Å². The number of hydrogen-bond donors (Lipinski definition) is 2. The zero-order valence-corrected chi connectivity index (χ0v) is 16.4. The monoisotopic (exact) mass is 412 g/mol. The number of pyridine rings is 1. The van der Waals surface area contributed by atoms with Crippen LogP contribution in [0.4, 0.5) is 9.93 Å². The first kappa shape index (κ1) is 19.0. The molecule has 1 fully saturated rings. The lowest BCUT2D eigenvalue weighted by atomic mass is 9.96. The number of carbonyl (C=O) groups is 2. The molecule has 2 N–H and O–H groups in total. The number of likely N-dealkylation sites (tertiary alicyclic amines) is 1. The molecule has 0 spiro atoms. The Bertz CT molecular complexity index is 952. The molecule has 150 valence electrons. The summed E-state index contributed by atoms with van der Waals surface area (Å²) >= 11 is 1.29. The first-order valence-electron chi connectivity index (χ1n) is 9.24. The van der Waals surface area contributed by atoms with Crippen LogP contribution >= 0.6 is 11.3 Å². The maximum Gasteiger partial charge on any atom is 0.317 e. The summed E-state index contributed by atoms with van der Waals surface area (Å²) in [4.78, 5) is 30.9. The summed E-state index contributed by atoms with van der Waals surface area (Å²) in [6, 6.07) is 5.41. The van der Waals surface area contributed by atoms with Crippen molar-refractivity contribution in [2.24, 2.45) is 5.92 Å². The Kier molecular flexibility index (Phi) is 5.75. The number of nitrogens with one attached hydrogen (secondary N) is 2. The molecule has 4 rings (SSSR count). The van der Waals surface area contributed by atoms with Crippen LogP contribution in [0.25, 0.3) is 5.82 Å². The van der Waals surface area contributed by atoms with Crippen molar-refractivity contribution in [1.82, 2.24) is 35.2 Å². The summed E-state index contributed by atoms with van der Waals surface area (Å²) in [6.07, 6.45) is 6.42. The second kappa shape index (κ2) is 8.78. The fourth-order valence-corrected chi connectivity index (χ4v) is 3.68. The number of anilines is 1. The molecule has 1 saturated heterocycles. The Labute approximate surface area is 171 Å². The standard InChI is InChI=1S/C18H20N8O2S/c27-16(23-17-24-21-12-29-17)13-4-9-25(10-5-13)18(28)20-11-14-3-1-6-19-15(14)26-8-2-7-22-26/h1-3,6-8,12-13H,4-5,9-11H2,(H,20,28)(H,23,24,27). The van der Waals surface area contributed by atoms with E-state index in [1.54, 1.807) is 27.5 Å². The molecule has 0 aliphatic carbocycles. The minimum absolute atomic E-state index is 0.0685. The highest BCUT2D eigenvalue weighted by molar-refractivity contribution is 7.13. The highest BCUT2D eigenvalue weighted by Gasteiger charge is 2.27. The maximum atomic E-state index is 12.6. The molecule has 10 nitrogen and oxygen atoms in total. The van der Waals surface area contributed by atoms with E-state index in [9.17, 15) is 9.59 Å². The van der Waals surface area contributed by atoms with Gasteiger partial charge in [-0.1, -0.05) is 17.4 Å². The zero-order valence-electron chi connectivity index (χ0n) is 15.6. The molecular formula is C18H20N8O2S. The molecule has 0 bridgehead atoms. The summed E-state index contributed by atoms with van der Waals surface area (Å²) in [5.74, 6) is 0.485. The van der Waals surface area contributed by atoms with Crippen LogP contribution in [-0.2, 0) is 11.3 Å². The fraction of sp³-hybridized carbons (Fsp3) is 0.333. The molecule has 29 heavy (non-hydrogen) atoms. The normalized spacial score (nSPS) is 14.6. The van der Waals surface area contributed by atoms with E-state index in [4.69, 9.17) is 0 Å². The highest BCUT2D eigenvalue weighted by Crippen LogP contribution is 2.20. The molecule has 3 aromatic rings. The Morgan fingerprint density at radius 2 is 2.07 bits per heavy atom. The van der Waals surface area contributed by atoms with Crippen LogP contribution in [0.2, 0.25) is 0 Å². The predicted molar refractivity (Wildman–Crippen MR) is 106 cm³/mol. The third kappa shape index (κ3) is 4.57. The Morgan fingerprint density at radius 1 is 1.21 bits per heavy atom. The molecule has 1 aliphatic rings. The van der Waals surface area contributed by atoms with E-state index < -0.39 is 0 Å². The molecule has 3 aromatic heterocycles. The van der Waals surface area contributed by atoms with Crippen molar-refractivity contribution in [3.63, 3.8) is 0 Å². The fourth-order valence-electron chi connectivity index (χ4n) is 3.23. The van der Waals surface area contributed by atoms with Crippen LogP contribution in [0.5, 0.6) is 0 Å². The van der Waals surface area contributed by atoms with Gasteiger partial charge in [0.25, 0.3) is 0 Å². The topological polar surface area (TPSA) is 118 Å². The second-order valence-electron chi connectivity index (χ2n) is 6.59. The SMILES string of the molecule is O=C(Nc1nncs1)C1CCN(C(=O)NCc2cccnc2-n2cccn2)CC1. The van der Waals surface area contributed by atoms with Gasteiger partial charge >= 0.3 is 6.03 Å². The Balaban J connectivity index is 1.28. The van der Waals surface area contributed by atoms with Crippen molar-refractivity contribution < 1.29 is 9.59 Å². The molecule has 0 radical (unpaired) electrons. The minimum Gasteiger partial charge on any atom is -0.334 e. The molecule has 0 saturated carbocycles. The number of hydrogen-bond acceptors (Lipinski definition) is 7. The van der Waals surface area contributed by atoms with Gasteiger partial charge in [0, 0.05) is 49.7 Å². The molecule has 1 aliphatic heterocycles. The lowest BCUT2D eigenvalue weighted by molar-refractivity contribution is -0.121. The maximum absolute atomic E-state index is 12.6. The lowest BCUT2D eigenvalue weighted by Gasteiger charge is -2.31. The third-order valence-electron chi connectivity index (χ3n) is 4.76. The second-order valence-corrected chi connectivity index (χ2v) is 7.42. The molecule has 0 atom stereocenters. The van der Waals surface area contributed by atoms with Crippen molar-refractivity contribution in [2.75, 3.05) is 18.4 Å². The number of piperidine rings is 1. The molecule has 0 unspecified atom stereocenters. The number of urea groups is 1. The van der Waals surface area contributed by atoms with Gasteiger partial charge in [-0.3, -0.25) is 4.79 Å². The van der Waals surface area contributed by atoms with Crippen LogP contribution in [0.15, 0.2) is 42.3 Å². The van der Waals surface area contributed by atoms with E-state index >= 15 is 0 Å². The number of rotatable bonds is 5. The van der Waals surface area contributed by atoms with Crippen molar-refractivity contribution in [1.29, 1.82) is 0 Å². The van der Waals surface area contributed by atoms with E-state index in [0.717, 1.165) is 5.56 Å². The summed E-state index contributed by atoms with van der Waals surface area (Å²) in [6.45, 7) is 1.40. The molecule has 0 aromatic carbocycles. The van der Waals surface area contributed by atoms with Gasteiger partial charge in [0.05, 0.1) is 0 Å². The van der Waals surface area contributed by atoms with Crippen LogP contribution in [-0.4, -0.2) is 54.9 Å². The molecular weight excluding hydrogens is 392 g/mol. The number of nitrogens with zero attached hydrogens (tertiary/aromatic N) is 6. The highest BCUT2D eigenvalue weighted by atomic mass is 32.1. The minimum atomic E-state index is -0.150. The van der Waals surface area contributed by atoms with Gasteiger partial charge in [0.1, 0.15) is 5.51 Å². The third-order valence-corrected chi connectivity index (χ3v) is 5.37. The van der Waals surface area contributed by atoms with E-state index in [2.05, 4.69) is 30.9 Å². The summed E-state index contributed by atoms with van der Waals surface area (Å²) < 4.78 is 1.67. The molecule has 3 amide bonds. The van der Waals surface area contributed by atoms with Gasteiger partial charge in [-0.05, 0) is 25.0 Å². The zero-order chi connectivity index (χ0) is 20.1. The number of aromatic nitrogens is 5. The summed E-state index contributed by atoms with van der Waals surface area (Å²) in [7, 11) is 0. The number of amides is 3. The smallest absolute Gasteiger partial charge is 0.317 e. The van der Waals surface area contributed by atoms with Crippen LogP contribution < -0.4 is 10.6 Å². The van der Waals surface area contributed by atoms with Crippen LogP contribution in [0.1, 0.15) is 18.4 Å². The van der Waals surface area contributed by atoms with E-state index in [0.29, 0.717) is 43.4 Å². The average Bonchev–Trinajstić information content (AvgIpc) is 3.47. The largest absolute Gasteiger partial charge is 0.334 e. The summed E-state index contributed by atoms with van der Waals surface area (Å²) in [5.41, 5.74) is 2.44. The summed E-state index contributed by atoms with van der Waals surface area (Å²) in [5, 5.41) is 17.9. The van der Waals surface area contributed by atoms with E-state index in [-0.39, 0.29) is 17.9 Å². The Hall–Kier alpha value is -3.34. The van der Waals surface area contributed by atoms with Crippen LogP contribution in [0.3, 0.4) is 0 Å². The first-order valence-corrected chi connectivity index (χ1v) is 10.1. The van der Waals surface area contributed by atoms with E-state index in [1.807, 2.05) is 24.4 Å². The van der Waals surface area contributed by atoms with Gasteiger partial charge < -0.3 is 15.5 Å². The lowest BCUT2D eigenvalue weighted by Crippen LogP contribution is -2.46. The van der Waals surface area contributed by atoms with Crippen molar-refractivity contribution in [3.8, 4) is 5.82 Å². The van der Waals surface area contributed by atoms with Gasteiger partial charge in [-0.25, -0.2) is 14.5 Å². The average molecular weight is 412 g/mol. The van der Waals surface area contributed by atoms with Gasteiger partial charge in [0.2, 0.25) is 11.0 Å². The first-order chi connectivity index (χ1) is 14.2. The quantitative estimate of drug-likeness (QED) is 0.658. The predicted octanol–water partition coefficient (Wildman–Crippen LogP) is 1.68. The van der Waals surface area contributed by atoms with Gasteiger partial charge in [0.15, 0.2) is 5.82 Å². The van der Waals surface area contributed by atoms with E-state index in [1.165, 1.54) is 11.3 Å². The number of carbonyl (C=O) groups excluding carboxylic acids is 2. The molecule has 11 heteroatoms. The van der Waals surface area contributed by atoms with Crippen molar-refractivity contribution >= 4 is 28.4 Å². The van der Waals surface area contributed by atoms with Crippen molar-refractivity contribution in [3.05, 3.63) is 47.9 Å². The van der Waals surface area contributed by atoms with Gasteiger partial charge in [-0.2, -0.15) is 5.10 Å². The van der Waals surface area contributed by atoms with Crippen LogP contribution in [0, 0.1) is 5.92 Å².